The van der Waals surface area contributed by atoms with Crippen LogP contribution in [-0.4, -0.2) is 15.0 Å². The summed E-state index contributed by atoms with van der Waals surface area (Å²) in [6.07, 6.45) is 0. The number of anilines is 1. The van der Waals surface area contributed by atoms with E-state index in [9.17, 15) is 0 Å². The number of nitrogens with two attached hydrogens (primary N) is 1. The van der Waals surface area contributed by atoms with Crippen molar-refractivity contribution in [2.45, 2.75) is 6.92 Å². The molecule has 2 aromatic rings. The fourth-order valence-corrected chi connectivity index (χ4v) is 1.28. The zero-order valence-corrected chi connectivity index (χ0v) is 8.36. The summed E-state index contributed by atoms with van der Waals surface area (Å²) in [4.78, 5) is 1.42. The first-order valence-electron chi connectivity index (χ1n) is 4.12. The molecule has 1 aromatic heterocycles. The summed E-state index contributed by atoms with van der Waals surface area (Å²) in [6.45, 7) is 2.00. The summed E-state index contributed by atoms with van der Waals surface area (Å²) in [5.41, 5.74) is 7.47. The number of rotatable bonds is 1. The maximum atomic E-state index is 5.70. The number of nitrogens with zero attached hydrogens (tertiary/aromatic N) is 3. The number of hydrogen-bond donors (Lipinski definition) is 1. The van der Waals surface area contributed by atoms with Crippen LogP contribution in [0.4, 0.5) is 5.82 Å². The molecular formula is C9H9ClN4. The van der Waals surface area contributed by atoms with Gasteiger partial charge in [0.15, 0.2) is 11.0 Å². The average molecular weight is 209 g/mol. The number of halogens is 1. The van der Waals surface area contributed by atoms with E-state index in [1.165, 1.54) is 4.80 Å². The fourth-order valence-electron chi connectivity index (χ4n) is 1.17. The highest BCUT2D eigenvalue weighted by atomic mass is 35.5. The number of aromatic nitrogens is 3. The van der Waals surface area contributed by atoms with Gasteiger partial charge in [0.25, 0.3) is 0 Å². The van der Waals surface area contributed by atoms with Crippen LogP contribution in [0, 0.1) is 6.92 Å². The number of benzene rings is 1. The van der Waals surface area contributed by atoms with Crippen molar-refractivity contribution >= 4 is 17.4 Å². The number of nitrogen functional groups attached to an aromatic ring is 1. The average Bonchev–Trinajstić information content (AvgIpc) is 2.47. The molecule has 0 saturated carbocycles. The second-order valence-electron chi connectivity index (χ2n) is 3.00. The van der Waals surface area contributed by atoms with Gasteiger partial charge < -0.3 is 5.73 Å². The number of aryl methyl sites for hydroxylation is 1. The molecule has 0 bridgehead atoms. The van der Waals surface area contributed by atoms with E-state index in [-0.39, 0.29) is 11.0 Å². The first-order chi connectivity index (χ1) is 6.66. The first-order valence-corrected chi connectivity index (χ1v) is 4.50. The van der Waals surface area contributed by atoms with Gasteiger partial charge in [-0.1, -0.05) is 23.7 Å². The maximum absolute atomic E-state index is 5.70. The molecule has 0 saturated heterocycles. The SMILES string of the molecule is Cc1cccc(-n2nc(N)c(Cl)n2)c1. The van der Waals surface area contributed by atoms with Crippen LogP contribution < -0.4 is 5.73 Å². The normalized spacial score (nSPS) is 10.4. The smallest absolute Gasteiger partial charge is 0.195 e. The molecule has 0 aliphatic carbocycles. The third-order valence-electron chi connectivity index (χ3n) is 1.83. The van der Waals surface area contributed by atoms with Gasteiger partial charge in [-0.25, -0.2) is 0 Å². The minimum Gasteiger partial charge on any atom is -0.380 e. The number of hydrogen-bond acceptors (Lipinski definition) is 3. The second kappa shape index (κ2) is 3.31. The van der Waals surface area contributed by atoms with E-state index in [1.807, 2.05) is 31.2 Å². The molecule has 2 rings (SSSR count). The standard InChI is InChI=1S/C9H9ClN4/c1-6-3-2-4-7(5-6)14-12-8(10)9(11)13-14/h2-5H,1H3,(H2,11,13). The summed E-state index contributed by atoms with van der Waals surface area (Å²) in [5.74, 6) is 0.244. The predicted molar refractivity (Wildman–Crippen MR) is 55.5 cm³/mol. The molecule has 0 amide bonds. The Balaban J connectivity index is 2.49. The molecule has 1 aromatic carbocycles. The van der Waals surface area contributed by atoms with Crippen LogP contribution in [0.2, 0.25) is 5.15 Å². The molecule has 0 atom stereocenters. The Morgan fingerprint density at radius 2 is 2.14 bits per heavy atom. The molecule has 14 heavy (non-hydrogen) atoms. The van der Waals surface area contributed by atoms with Crippen molar-refractivity contribution < 1.29 is 0 Å². The van der Waals surface area contributed by atoms with Gasteiger partial charge in [-0.15, -0.1) is 15.0 Å². The van der Waals surface area contributed by atoms with E-state index < -0.39 is 0 Å². The third kappa shape index (κ3) is 1.56. The molecule has 2 N–H and O–H groups in total. The minimum absolute atomic E-state index is 0.228. The molecule has 0 spiro atoms. The Bertz CT molecular complexity index is 444. The second-order valence-corrected chi connectivity index (χ2v) is 3.36. The highest BCUT2D eigenvalue weighted by Gasteiger charge is 2.05. The van der Waals surface area contributed by atoms with Gasteiger partial charge >= 0.3 is 0 Å². The Hall–Kier alpha value is -1.55. The van der Waals surface area contributed by atoms with E-state index in [1.54, 1.807) is 0 Å². The van der Waals surface area contributed by atoms with Crippen LogP contribution in [0.15, 0.2) is 24.3 Å². The topological polar surface area (TPSA) is 56.7 Å². The quantitative estimate of drug-likeness (QED) is 0.778. The summed E-state index contributed by atoms with van der Waals surface area (Å²) in [6, 6.07) is 7.77. The molecule has 0 aliphatic heterocycles. The highest BCUT2D eigenvalue weighted by Crippen LogP contribution is 2.15. The lowest BCUT2D eigenvalue weighted by molar-refractivity contribution is 0.754. The van der Waals surface area contributed by atoms with Crippen molar-refractivity contribution in [1.29, 1.82) is 0 Å². The van der Waals surface area contributed by atoms with E-state index in [0.29, 0.717) is 0 Å². The maximum Gasteiger partial charge on any atom is 0.195 e. The molecule has 0 radical (unpaired) electrons. The van der Waals surface area contributed by atoms with Crippen molar-refractivity contribution in [2.24, 2.45) is 0 Å². The van der Waals surface area contributed by atoms with Crippen LogP contribution >= 0.6 is 11.6 Å². The molecule has 0 unspecified atom stereocenters. The largest absolute Gasteiger partial charge is 0.380 e. The van der Waals surface area contributed by atoms with Gasteiger partial charge in [0, 0.05) is 0 Å². The van der Waals surface area contributed by atoms with Crippen molar-refractivity contribution in [2.75, 3.05) is 5.73 Å². The van der Waals surface area contributed by atoms with E-state index >= 15 is 0 Å². The van der Waals surface area contributed by atoms with Crippen LogP contribution in [0.25, 0.3) is 5.69 Å². The predicted octanol–water partition coefficient (Wildman–Crippen LogP) is 1.81. The molecule has 0 fully saturated rings. The summed E-state index contributed by atoms with van der Waals surface area (Å²) in [7, 11) is 0. The van der Waals surface area contributed by atoms with Gasteiger partial charge in [-0.2, -0.15) is 0 Å². The molecule has 4 nitrogen and oxygen atoms in total. The van der Waals surface area contributed by atoms with E-state index in [4.69, 9.17) is 17.3 Å². The summed E-state index contributed by atoms with van der Waals surface area (Å²) < 4.78 is 0. The van der Waals surface area contributed by atoms with Gasteiger partial charge in [0.05, 0.1) is 5.69 Å². The van der Waals surface area contributed by atoms with Gasteiger partial charge in [-0.3, -0.25) is 0 Å². The van der Waals surface area contributed by atoms with Crippen molar-refractivity contribution in [3.8, 4) is 5.69 Å². The summed E-state index contributed by atoms with van der Waals surface area (Å²) >= 11 is 5.70. The monoisotopic (exact) mass is 208 g/mol. The first kappa shape index (κ1) is 9.02. The van der Waals surface area contributed by atoms with Crippen LogP contribution in [0.1, 0.15) is 5.56 Å². The Morgan fingerprint density at radius 3 is 2.71 bits per heavy atom. The molecular weight excluding hydrogens is 200 g/mol. The van der Waals surface area contributed by atoms with Gasteiger partial charge in [0.1, 0.15) is 0 Å². The third-order valence-corrected chi connectivity index (χ3v) is 2.10. The van der Waals surface area contributed by atoms with Gasteiger partial charge in [-0.05, 0) is 24.6 Å². The van der Waals surface area contributed by atoms with Crippen LogP contribution in [-0.2, 0) is 0 Å². The van der Waals surface area contributed by atoms with Crippen LogP contribution in [0.3, 0.4) is 0 Å². The Kier molecular flexibility index (Phi) is 2.13. The fraction of sp³-hybridized carbons (Fsp3) is 0.111. The lowest BCUT2D eigenvalue weighted by atomic mass is 10.2. The molecule has 1 heterocycles. The van der Waals surface area contributed by atoms with E-state index in [0.717, 1.165) is 11.3 Å². The lowest BCUT2D eigenvalue weighted by Gasteiger charge is -1.99. The van der Waals surface area contributed by atoms with Crippen molar-refractivity contribution in [1.82, 2.24) is 15.0 Å². The minimum atomic E-state index is 0.228. The zero-order chi connectivity index (χ0) is 10.1. The van der Waals surface area contributed by atoms with Crippen LogP contribution in [0.5, 0.6) is 0 Å². The van der Waals surface area contributed by atoms with Crippen molar-refractivity contribution in [3.05, 3.63) is 35.0 Å². The van der Waals surface area contributed by atoms with E-state index in [2.05, 4.69) is 10.2 Å². The lowest BCUT2D eigenvalue weighted by Crippen LogP contribution is -1.99. The molecule has 5 heteroatoms. The highest BCUT2D eigenvalue weighted by molar-refractivity contribution is 6.31. The Labute approximate surface area is 86.3 Å². The Morgan fingerprint density at radius 1 is 1.36 bits per heavy atom. The van der Waals surface area contributed by atoms with Crippen molar-refractivity contribution in [3.63, 3.8) is 0 Å². The molecule has 0 aliphatic rings. The zero-order valence-electron chi connectivity index (χ0n) is 7.61. The van der Waals surface area contributed by atoms with Gasteiger partial charge in [0.2, 0.25) is 0 Å². The molecule has 72 valence electrons. The summed E-state index contributed by atoms with van der Waals surface area (Å²) in [5, 5.41) is 8.17.